The molecule has 0 radical (unpaired) electrons. The summed E-state index contributed by atoms with van der Waals surface area (Å²) in [6, 6.07) is 8.85. The summed E-state index contributed by atoms with van der Waals surface area (Å²) in [4.78, 5) is 10.5. The molecule has 0 atom stereocenters. The topological polar surface area (TPSA) is 78.4 Å². The fraction of sp³-hybridized carbons (Fsp3) is 0.143. The van der Waals surface area contributed by atoms with E-state index in [-0.39, 0.29) is 29.3 Å². The minimum Gasteiger partial charge on any atom is -0.449 e. The van der Waals surface area contributed by atoms with Crippen LogP contribution in [0.1, 0.15) is 11.1 Å². The van der Waals surface area contributed by atoms with Crippen LogP contribution in [-0.2, 0) is 6.54 Å². The molecule has 0 saturated heterocycles. The van der Waals surface area contributed by atoms with Crippen LogP contribution in [0.5, 0.6) is 11.5 Å². The van der Waals surface area contributed by atoms with Gasteiger partial charge in [0.2, 0.25) is 5.75 Å². The minimum atomic E-state index is -0.538. The molecule has 20 heavy (non-hydrogen) atoms. The van der Waals surface area contributed by atoms with Gasteiger partial charge in [0.25, 0.3) is 0 Å². The van der Waals surface area contributed by atoms with Gasteiger partial charge in [0.05, 0.1) is 4.92 Å². The number of ether oxygens (including phenoxy) is 1. The number of hydrogen-bond acceptors (Lipinski definition) is 4. The van der Waals surface area contributed by atoms with Crippen molar-refractivity contribution in [3.8, 4) is 11.5 Å². The van der Waals surface area contributed by atoms with Gasteiger partial charge in [-0.15, -0.1) is 0 Å². The summed E-state index contributed by atoms with van der Waals surface area (Å²) >= 11 is 0. The van der Waals surface area contributed by atoms with Crippen molar-refractivity contribution in [3.63, 3.8) is 0 Å². The van der Waals surface area contributed by atoms with Gasteiger partial charge >= 0.3 is 5.69 Å². The monoisotopic (exact) mass is 276 g/mol. The van der Waals surface area contributed by atoms with Crippen molar-refractivity contribution in [2.75, 3.05) is 0 Å². The van der Waals surface area contributed by atoms with Gasteiger partial charge in [-0.3, -0.25) is 10.1 Å². The van der Waals surface area contributed by atoms with Crippen LogP contribution in [-0.4, -0.2) is 4.92 Å². The van der Waals surface area contributed by atoms with Crippen LogP contribution in [0, 0.1) is 22.9 Å². The maximum Gasteiger partial charge on any atom is 0.311 e. The number of nitrogens with zero attached hydrogens (tertiary/aromatic N) is 1. The number of rotatable bonds is 4. The third-order valence-electron chi connectivity index (χ3n) is 2.88. The zero-order valence-corrected chi connectivity index (χ0v) is 10.8. The standard InChI is InChI=1S/C14H13FN2O3/c1-9-4-2-6-12(17(18)19)14(9)20-13-7-3-5-11(15)10(13)8-16/h2-7H,8,16H2,1H3. The van der Waals surface area contributed by atoms with E-state index >= 15 is 0 Å². The zero-order chi connectivity index (χ0) is 14.7. The molecule has 0 aliphatic heterocycles. The van der Waals surface area contributed by atoms with Gasteiger partial charge in [0.15, 0.2) is 0 Å². The number of nitrogens with two attached hydrogens (primary N) is 1. The first kappa shape index (κ1) is 14.0. The molecule has 0 aliphatic carbocycles. The summed E-state index contributed by atoms with van der Waals surface area (Å²) in [6.07, 6.45) is 0. The maximum absolute atomic E-state index is 13.6. The smallest absolute Gasteiger partial charge is 0.311 e. The van der Waals surface area contributed by atoms with E-state index < -0.39 is 10.7 Å². The number of halogens is 1. The third kappa shape index (κ3) is 2.60. The Labute approximate surface area is 114 Å². The van der Waals surface area contributed by atoms with Crippen molar-refractivity contribution in [2.24, 2.45) is 5.73 Å². The molecule has 0 unspecified atom stereocenters. The molecule has 0 aliphatic rings. The highest BCUT2D eigenvalue weighted by Gasteiger charge is 2.19. The van der Waals surface area contributed by atoms with Crippen LogP contribution in [0.2, 0.25) is 0 Å². The SMILES string of the molecule is Cc1cccc([N+](=O)[O-])c1Oc1cccc(F)c1CN. The number of nitro benzene ring substituents is 1. The lowest BCUT2D eigenvalue weighted by atomic mass is 10.1. The molecule has 0 fully saturated rings. The fourth-order valence-corrected chi connectivity index (χ4v) is 1.86. The van der Waals surface area contributed by atoms with E-state index in [1.807, 2.05) is 0 Å². The Kier molecular flexibility index (Phi) is 3.95. The molecular formula is C14H13FN2O3. The summed E-state index contributed by atoms with van der Waals surface area (Å²) in [6.45, 7) is 1.63. The normalized spacial score (nSPS) is 10.3. The average Bonchev–Trinajstić information content (AvgIpc) is 2.41. The van der Waals surface area contributed by atoms with Crippen molar-refractivity contribution in [1.29, 1.82) is 0 Å². The molecule has 2 aromatic carbocycles. The van der Waals surface area contributed by atoms with Gasteiger partial charge in [-0.1, -0.05) is 18.2 Å². The Morgan fingerprint density at radius 3 is 2.65 bits per heavy atom. The van der Waals surface area contributed by atoms with E-state index in [1.54, 1.807) is 19.1 Å². The Morgan fingerprint density at radius 1 is 1.30 bits per heavy atom. The first-order valence-electron chi connectivity index (χ1n) is 5.94. The molecular weight excluding hydrogens is 263 g/mol. The van der Waals surface area contributed by atoms with E-state index in [1.165, 1.54) is 24.3 Å². The van der Waals surface area contributed by atoms with Gasteiger partial charge in [0, 0.05) is 18.2 Å². The molecule has 0 bridgehead atoms. The lowest BCUT2D eigenvalue weighted by Gasteiger charge is -2.12. The summed E-state index contributed by atoms with van der Waals surface area (Å²) in [5.74, 6) is -0.219. The predicted octanol–water partition coefficient (Wildman–Crippen LogP) is 3.29. The van der Waals surface area contributed by atoms with E-state index in [2.05, 4.69) is 0 Å². The van der Waals surface area contributed by atoms with E-state index in [9.17, 15) is 14.5 Å². The van der Waals surface area contributed by atoms with Crippen LogP contribution in [0.4, 0.5) is 10.1 Å². The summed E-state index contributed by atoms with van der Waals surface area (Å²) in [5, 5.41) is 11.0. The molecule has 0 aromatic heterocycles. The number of hydrogen-bond donors (Lipinski definition) is 1. The molecule has 0 amide bonds. The van der Waals surface area contributed by atoms with E-state index in [4.69, 9.17) is 10.5 Å². The first-order valence-corrected chi connectivity index (χ1v) is 5.94. The fourth-order valence-electron chi connectivity index (χ4n) is 1.86. The number of aryl methyl sites for hydroxylation is 1. The second-order valence-electron chi connectivity index (χ2n) is 4.20. The van der Waals surface area contributed by atoms with Gasteiger partial charge in [-0.2, -0.15) is 0 Å². The zero-order valence-electron chi connectivity index (χ0n) is 10.8. The average molecular weight is 276 g/mol. The molecule has 0 heterocycles. The van der Waals surface area contributed by atoms with Crippen LogP contribution in [0.3, 0.4) is 0 Å². The Morgan fingerprint density at radius 2 is 2.00 bits per heavy atom. The molecule has 0 spiro atoms. The summed E-state index contributed by atoms with van der Waals surface area (Å²) < 4.78 is 19.2. The highest BCUT2D eigenvalue weighted by atomic mass is 19.1. The Balaban J connectivity index is 2.50. The first-order chi connectivity index (χ1) is 9.54. The largest absolute Gasteiger partial charge is 0.449 e. The van der Waals surface area contributed by atoms with Crippen molar-refractivity contribution in [3.05, 3.63) is 63.5 Å². The van der Waals surface area contributed by atoms with Gasteiger partial charge < -0.3 is 10.5 Å². The summed E-state index contributed by atoms with van der Waals surface area (Å²) in [7, 11) is 0. The van der Waals surface area contributed by atoms with Crippen LogP contribution in [0.15, 0.2) is 36.4 Å². The predicted molar refractivity (Wildman–Crippen MR) is 72.2 cm³/mol. The third-order valence-corrected chi connectivity index (χ3v) is 2.88. The quantitative estimate of drug-likeness (QED) is 0.686. The van der Waals surface area contributed by atoms with Gasteiger partial charge in [-0.05, 0) is 24.6 Å². The Bertz CT molecular complexity index is 659. The second-order valence-corrected chi connectivity index (χ2v) is 4.20. The van der Waals surface area contributed by atoms with E-state index in [0.29, 0.717) is 5.56 Å². The minimum absolute atomic E-state index is 0.0539. The van der Waals surface area contributed by atoms with Gasteiger partial charge in [-0.25, -0.2) is 4.39 Å². The number of para-hydroxylation sites is 1. The van der Waals surface area contributed by atoms with Crippen LogP contribution in [0.25, 0.3) is 0 Å². The second kappa shape index (κ2) is 5.66. The highest BCUT2D eigenvalue weighted by molar-refractivity contribution is 5.53. The van der Waals surface area contributed by atoms with Gasteiger partial charge in [0.1, 0.15) is 11.6 Å². The van der Waals surface area contributed by atoms with Crippen molar-refractivity contribution >= 4 is 5.69 Å². The lowest BCUT2D eigenvalue weighted by Crippen LogP contribution is -2.04. The molecule has 0 saturated carbocycles. The molecule has 2 aromatic rings. The highest BCUT2D eigenvalue weighted by Crippen LogP contribution is 2.36. The van der Waals surface area contributed by atoms with Crippen molar-refractivity contribution in [2.45, 2.75) is 13.5 Å². The Hall–Kier alpha value is -2.47. The number of benzene rings is 2. The molecule has 2 N–H and O–H groups in total. The van der Waals surface area contributed by atoms with E-state index in [0.717, 1.165) is 0 Å². The van der Waals surface area contributed by atoms with Crippen LogP contribution < -0.4 is 10.5 Å². The summed E-state index contributed by atoms with van der Waals surface area (Å²) in [5.41, 5.74) is 6.09. The lowest BCUT2D eigenvalue weighted by molar-refractivity contribution is -0.385. The maximum atomic E-state index is 13.6. The number of nitro groups is 1. The van der Waals surface area contributed by atoms with Crippen molar-refractivity contribution < 1.29 is 14.1 Å². The molecule has 104 valence electrons. The molecule has 5 nitrogen and oxygen atoms in total. The van der Waals surface area contributed by atoms with Crippen molar-refractivity contribution in [1.82, 2.24) is 0 Å². The molecule has 6 heteroatoms. The molecule has 2 rings (SSSR count). The van der Waals surface area contributed by atoms with Crippen LogP contribution >= 0.6 is 0 Å².